The van der Waals surface area contributed by atoms with Crippen molar-refractivity contribution in [2.24, 2.45) is 0 Å². The summed E-state index contributed by atoms with van der Waals surface area (Å²) in [6.07, 6.45) is 0. The highest BCUT2D eigenvalue weighted by Crippen LogP contribution is 2.26. The number of nitrogens with zero attached hydrogens (tertiary/aromatic N) is 1. The van der Waals surface area contributed by atoms with E-state index in [9.17, 15) is 18.0 Å². The second kappa shape index (κ2) is 10.2. The fraction of sp³-hybridized carbons (Fsp3) is 0.0909. The summed E-state index contributed by atoms with van der Waals surface area (Å²) in [7, 11) is -3.95. The quantitative estimate of drug-likeness (QED) is 0.457. The largest absolute Gasteiger partial charge is 0.271 e. The summed E-state index contributed by atoms with van der Waals surface area (Å²) in [6, 6.07) is 19.0. The van der Waals surface area contributed by atoms with Gasteiger partial charge in [-0.2, -0.15) is 0 Å². The SMILES string of the molecule is CCN(c1ccccc1)S(=O)(=O)c1ccc(Cl)c(C(=O)NNC(=O)c2ccc(Br)cc2)c1. The maximum Gasteiger partial charge on any atom is 0.271 e. The van der Waals surface area contributed by atoms with Crippen LogP contribution in [0, 0.1) is 0 Å². The van der Waals surface area contributed by atoms with Gasteiger partial charge in [0.15, 0.2) is 0 Å². The number of hydrogen-bond donors (Lipinski definition) is 2. The van der Waals surface area contributed by atoms with Crippen LogP contribution in [-0.4, -0.2) is 26.8 Å². The van der Waals surface area contributed by atoms with Crippen molar-refractivity contribution < 1.29 is 18.0 Å². The fourth-order valence-electron chi connectivity index (χ4n) is 2.91. The van der Waals surface area contributed by atoms with Crippen molar-refractivity contribution in [2.45, 2.75) is 11.8 Å². The molecule has 0 radical (unpaired) electrons. The third-order valence-corrected chi connectivity index (χ3v) is 7.26. The number of carbonyl (C=O) groups is 2. The Kier molecular flexibility index (Phi) is 7.55. The number of carbonyl (C=O) groups excluding carboxylic acids is 2. The molecule has 7 nitrogen and oxygen atoms in total. The number of rotatable bonds is 6. The molecule has 0 aliphatic heterocycles. The number of sulfonamides is 1. The van der Waals surface area contributed by atoms with Crippen molar-refractivity contribution in [3.8, 4) is 0 Å². The van der Waals surface area contributed by atoms with E-state index in [1.807, 2.05) is 0 Å². The summed E-state index contributed by atoms with van der Waals surface area (Å²) >= 11 is 9.41. The zero-order chi connectivity index (χ0) is 23.3. The average Bonchev–Trinajstić information content (AvgIpc) is 2.79. The van der Waals surface area contributed by atoms with Crippen LogP contribution in [0.1, 0.15) is 27.6 Å². The van der Waals surface area contributed by atoms with Crippen LogP contribution in [0.4, 0.5) is 5.69 Å². The Morgan fingerprint density at radius 3 is 2.19 bits per heavy atom. The van der Waals surface area contributed by atoms with E-state index in [0.717, 1.165) is 4.47 Å². The number of benzene rings is 3. The van der Waals surface area contributed by atoms with Gasteiger partial charge in [-0.3, -0.25) is 24.7 Å². The van der Waals surface area contributed by atoms with E-state index >= 15 is 0 Å². The molecule has 0 aromatic heterocycles. The lowest BCUT2D eigenvalue weighted by molar-refractivity contribution is 0.0846. The van der Waals surface area contributed by atoms with Crippen molar-refractivity contribution >= 4 is 55.1 Å². The summed E-state index contributed by atoms with van der Waals surface area (Å²) in [6.45, 7) is 1.91. The number of nitrogens with one attached hydrogen (secondary N) is 2. The molecule has 3 aromatic carbocycles. The molecular formula is C22H19BrClN3O4S. The summed E-state index contributed by atoms with van der Waals surface area (Å²) in [4.78, 5) is 24.7. The molecule has 0 heterocycles. The molecule has 0 bridgehead atoms. The van der Waals surface area contributed by atoms with E-state index in [1.54, 1.807) is 61.5 Å². The Morgan fingerprint density at radius 1 is 0.938 bits per heavy atom. The Labute approximate surface area is 199 Å². The van der Waals surface area contributed by atoms with Crippen LogP contribution in [0.3, 0.4) is 0 Å². The molecule has 0 atom stereocenters. The predicted octanol–water partition coefficient (Wildman–Crippen LogP) is 4.39. The molecule has 10 heteroatoms. The fourth-order valence-corrected chi connectivity index (χ4v) is 4.87. The van der Waals surface area contributed by atoms with E-state index < -0.39 is 21.8 Å². The van der Waals surface area contributed by atoms with Gasteiger partial charge in [0, 0.05) is 16.6 Å². The Bertz CT molecular complexity index is 1240. The molecule has 0 aliphatic carbocycles. The molecular weight excluding hydrogens is 518 g/mol. The van der Waals surface area contributed by atoms with Gasteiger partial charge in [-0.05, 0) is 61.5 Å². The standard InChI is InChI=1S/C22H19BrClN3O4S/c1-2-27(17-6-4-3-5-7-17)32(30,31)18-12-13-20(24)19(14-18)22(29)26-25-21(28)15-8-10-16(23)11-9-15/h3-14H,2H2,1H3,(H,25,28)(H,26,29). The highest BCUT2D eigenvalue weighted by atomic mass is 79.9. The lowest BCUT2D eigenvalue weighted by atomic mass is 10.2. The van der Waals surface area contributed by atoms with Crippen LogP contribution in [0.2, 0.25) is 5.02 Å². The molecule has 3 aromatic rings. The third kappa shape index (κ3) is 5.29. The third-order valence-electron chi connectivity index (χ3n) is 4.50. The highest BCUT2D eigenvalue weighted by Gasteiger charge is 2.25. The van der Waals surface area contributed by atoms with Gasteiger partial charge in [0.1, 0.15) is 0 Å². The van der Waals surface area contributed by atoms with Gasteiger partial charge in [0.05, 0.1) is 21.2 Å². The summed E-state index contributed by atoms with van der Waals surface area (Å²) in [5.41, 5.74) is 5.29. The van der Waals surface area contributed by atoms with Gasteiger partial charge in [-0.25, -0.2) is 8.42 Å². The van der Waals surface area contributed by atoms with Gasteiger partial charge >= 0.3 is 0 Å². The first-order valence-electron chi connectivity index (χ1n) is 9.47. The van der Waals surface area contributed by atoms with Crippen molar-refractivity contribution in [3.05, 3.63) is 93.4 Å². The molecule has 2 amide bonds. The van der Waals surface area contributed by atoms with Crippen molar-refractivity contribution in [2.75, 3.05) is 10.8 Å². The zero-order valence-electron chi connectivity index (χ0n) is 16.9. The maximum absolute atomic E-state index is 13.2. The molecule has 32 heavy (non-hydrogen) atoms. The minimum Gasteiger partial charge on any atom is -0.267 e. The highest BCUT2D eigenvalue weighted by molar-refractivity contribution is 9.10. The molecule has 0 saturated heterocycles. The lowest BCUT2D eigenvalue weighted by Gasteiger charge is -2.23. The van der Waals surface area contributed by atoms with Gasteiger partial charge in [-0.15, -0.1) is 0 Å². The van der Waals surface area contributed by atoms with Crippen LogP contribution < -0.4 is 15.2 Å². The minimum absolute atomic E-state index is 0.0436. The van der Waals surface area contributed by atoms with Crippen LogP contribution in [-0.2, 0) is 10.0 Å². The molecule has 166 valence electrons. The summed E-state index contributed by atoms with van der Waals surface area (Å²) in [5.74, 6) is -1.28. The first kappa shape index (κ1) is 23.8. The molecule has 0 fully saturated rings. The smallest absolute Gasteiger partial charge is 0.267 e. The van der Waals surface area contributed by atoms with E-state index in [4.69, 9.17) is 11.6 Å². The van der Waals surface area contributed by atoms with Gasteiger partial charge in [-0.1, -0.05) is 45.7 Å². The Morgan fingerprint density at radius 2 is 1.56 bits per heavy atom. The average molecular weight is 537 g/mol. The monoisotopic (exact) mass is 535 g/mol. The van der Waals surface area contributed by atoms with Crippen LogP contribution in [0.5, 0.6) is 0 Å². The van der Waals surface area contributed by atoms with Gasteiger partial charge < -0.3 is 0 Å². The molecule has 0 saturated carbocycles. The first-order chi connectivity index (χ1) is 15.2. The Balaban J connectivity index is 1.82. The van der Waals surface area contributed by atoms with Crippen LogP contribution >= 0.6 is 27.5 Å². The molecule has 0 unspecified atom stereocenters. The summed E-state index contributed by atoms with van der Waals surface area (Å²) in [5, 5.41) is 0.0436. The van der Waals surface area contributed by atoms with E-state index in [-0.39, 0.29) is 22.0 Å². The van der Waals surface area contributed by atoms with Gasteiger partial charge in [0.2, 0.25) is 0 Å². The van der Waals surface area contributed by atoms with Crippen LogP contribution in [0.15, 0.2) is 82.2 Å². The van der Waals surface area contributed by atoms with Gasteiger partial charge in [0.25, 0.3) is 21.8 Å². The van der Waals surface area contributed by atoms with E-state index in [2.05, 4.69) is 26.8 Å². The van der Waals surface area contributed by atoms with Crippen LogP contribution in [0.25, 0.3) is 0 Å². The molecule has 2 N–H and O–H groups in total. The predicted molar refractivity (Wildman–Crippen MR) is 127 cm³/mol. The zero-order valence-corrected chi connectivity index (χ0v) is 20.0. The normalized spacial score (nSPS) is 11.0. The number of anilines is 1. The first-order valence-corrected chi connectivity index (χ1v) is 12.1. The second-order valence-electron chi connectivity index (χ2n) is 6.56. The topological polar surface area (TPSA) is 95.6 Å². The van der Waals surface area contributed by atoms with Crippen molar-refractivity contribution in [1.82, 2.24) is 10.9 Å². The van der Waals surface area contributed by atoms with E-state index in [0.29, 0.717) is 11.3 Å². The second-order valence-corrected chi connectivity index (χ2v) is 9.75. The molecule has 3 rings (SSSR count). The number of amides is 2. The molecule has 0 aliphatic rings. The number of halogens is 2. The number of para-hydroxylation sites is 1. The van der Waals surface area contributed by atoms with Crippen molar-refractivity contribution in [1.29, 1.82) is 0 Å². The summed E-state index contributed by atoms with van der Waals surface area (Å²) < 4.78 is 28.4. The number of hydrazine groups is 1. The molecule has 0 spiro atoms. The minimum atomic E-state index is -3.95. The van der Waals surface area contributed by atoms with Crippen molar-refractivity contribution in [3.63, 3.8) is 0 Å². The lowest BCUT2D eigenvalue weighted by Crippen LogP contribution is -2.41. The maximum atomic E-state index is 13.2. The number of hydrogen-bond acceptors (Lipinski definition) is 4. The van der Waals surface area contributed by atoms with E-state index in [1.165, 1.54) is 22.5 Å². The Hall–Kier alpha value is -2.88.